The molecule has 18 heavy (non-hydrogen) atoms. The van der Waals surface area contributed by atoms with Crippen molar-refractivity contribution < 1.29 is 9.53 Å². The molecular weight excluding hydrogens is 230 g/mol. The third kappa shape index (κ3) is 2.83. The molecule has 1 amide bonds. The zero-order valence-corrected chi connectivity index (χ0v) is 11.5. The first-order valence-corrected chi connectivity index (χ1v) is 6.61. The van der Waals surface area contributed by atoms with Crippen molar-refractivity contribution in [2.75, 3.05) is 13.7 Å². The minimum atomic E-state index is -0.368. The van der Waals surface area contributed by atoms with Gasteiger partial charge in [0.05, 0.1) is 12.0 Å². The summed E-state index contributed by atoms with van der Waals surface area (Å²) >= 11 is 0. The van der Waals surface area contributed by atoms with Crippen LogP contribution in [0.15, 0.2) is 4.99 Å². The Kier molecular flexibility index (Phi) is 3.61. The van der Waals surface area contributed by atoms with Crippen molar-refractivity contribution in [1.29, 1.82) is 0 Å². The van der Waals surface area contributed by atoms with Gasteiger partial charge in [-0.1, -0.05) is 0 Å². The predicted octanol–water partition coefficient (Wildman–Crippen LogP) is 1.13. The number of methoxy groups -OCH3 is 1. The second kappa shape index (κ2) is 4.88. The number of nitrogens with zero attached hydrogens (tertiary/aromatic N) is 2. The Morgan fingerprint density at radius 3 is 2.72 bits per heavy atom. The van der Waals surface area contributed by atoms with Gasteiger partial charge in [0.2, 0.25) is 5.91 Å². The molecule has 5 nitrogen and oxygen atoms in total. The Hall–Kier alpha value is -1.10. The normalized spacial score (nSPS) is 24.9. The largest absolute Gasteiger partial charge is 0.385 e. The summed E-state index contributed by atoms with van der Waals surface area (Å²) in [6.07, 6.45) is 3.62. The topological polar surface area (TPSA) is 67.9 Å². The fourth-order valence-corrected chi connectivity index (χ4v) is 2.64. The molecule has 1 atom stereocenters. The Morgan fingerprint density at radius 1 is 1.56 bits per heavy atom. The van der Waals surface area contributed by atoms with E-state index in [-0.39, 0.29) is 17.5 Å². The van der Waals surface area contributed by atoms with Gasteiger partial charge in [-0.2, -0.15) is 0 Å². The van der Waals surface area contributed by atoms with Gasteiger partial charge in [0, 0.05) is 19.8 Å². The molecule has 0 unspecified atom stereocenters. The van der Waals surface area contributed by atoms with E-state index in [2.05, 4.69) is 4.99 Å². The third-order valence-corrected chi connectivity index (χ3v) is 3.63. The Morgan fingerprint density at radius 2 is 2.22 bits per heavy atom. The molecule has 0 aromatic rings. The zero-order valence-electron chi connectivity index (χ0n) is 11.5. The lowest BCUT2D eigenvalue weighted by Gasteiger charge is -2.37. The maximum absolute atomic E-state index is 12.3. The van der Waals surface area contributed by atoms with E-state index < -0.39 is 0 Å². The number of guanidine groups is 1. The molecule has 0 bridgehead atoms. The van der Waals surface area contributed by atoms with Crippen molar-refractivity contribution in [3.8, 4) is 0 Å². The summed E-state index contributed by atoms with van der Waals surface area (Å²) in [5.74, 6) is 1.05. The first-order valence-electron chi connectivity index (χ1n) is 6.61. The van der Waals surface area contributed by atoms with Crippen LogP contribution >= 0.6 is 0 Å². The van der Waals surface area contributed by atoms with Gasteiger partial charge in [-0.05, 0) is 39.0 Å². The lowest BCUT2D eigenvalue weighted by molar-refractivity contribution is -0.131. The number of carbonyl (C=O) groups is 1. The molecule has 1 saturated carbocycles. The molecule has 2 rings (SSSR count). The molecule has 0 spiro atoms. The van der Waals surface area contributed by atoms with Crippen molar-refractivity contribution in [2.24, 2.45) is 16.6 Å². The van der Waals surface area contributed by atoms with Crippen LogP contribution in [-0.4, -0.2) is 42.1 Å². The van der Waals surface area contributed by atoms with Gasteiger partial charge in [0.15, 0.2) is 5.96 Å². The third-order valence-electron chi connectivity index (χ3n) is 3.63. The lowest BCUT2D eigenvalue weighted by Crippen LogP contribution is -2.55. The van der Waals surface area contributed by atoms with Gasteiger partial charge in [-0.25, -0.2) is 4.99 Å². The van der Waals surface area contributed by atoms with E-state index in [0.29, 0.717) is 24.9 Å². The fraction of sp³-hybridized carbons (Fsp3) is 0.846. The van der Waals surface area contributed by atoms with Crippen molar-refractivity contribution in [2.45, 2.75) is 51.1 Å². The second-order valence-corrected chi connectivity index (χ2v) is 5.91. The van der Waals surface area contributed by atoms with Crippen molar-refractivity contribution >= 4 is 11.9 Å². The summed E-state index contributed by atoms with van der Waals surface area (Å²) in [6, 6.07) is 0.164. The molecule has 1 aliphatic heterocycles. The highest BCUT2D eigenvalue weighted by atomic mass is 16.5. The molecule has 2 N–H and O–H groups in total. The van der Waals surface area contributed by atoms with E-state index in [9.17, 15) is 4.79 Å². The van der Waals surface area contributed by atoms with Crippen molar-refractivity contribution in [1.82, 2.24) is 4.90 Å². The summed E-state index contributed by atoms with van der Waals surface area (Å²) in [5.41, 5.74) is 5.63. The molecule has 0 aromatic heterocycles. The smallest absolute Gasteiger partial charge is 0.231 e. The highest BCUT2D eigenvalue weighted by Crippen LogP contribution is 2.38. The van der Waals surface area contributed by atoms with Gasteiger partial charge < -0.3 is 10.5 Å². The molecule has 2 aliphatic rings. The predicted molar refractivity (Wildman–Crippen MR) is 70.2 cm³/mol. The monoisotopic (exact) mass is 253 g/mol. The standard InChI is InChI=1S/C13H23N3O2/c1-13(2)8-11(17)16(12(14)15-13)10(6-7-18-3)9-4-5-9/h9-10H,4-8H2,1-3H3,(H2,14,15)/t10-/m1/s1. The maximum Gasteiger partial charge on any atom is 0.231 e. The Labute approximate surface area is 108 Å². The van der Waals surface area contributed by atoms with Crippen LogP contribution in [0.3, 0.4) is 0 Å². The van der Waals surface area contributed by atoms with Crippen LogP contribution in [0.5, 0.6) is 0 Å². The van der Waals surface area contributed by atoms with E-state index in [1.165, 1.54) is 12.8 Å². The highest BCUT2D eigenvalue weighted by Gasteiger charge is 2.42. The average Bonchev–Trinajstić information content (AvgIpc) is 3.03. The second-order valence-electron chi connectivity index (χ2n) is 5.91. The summed E-state index contributed by atoms with van der Waals surface area (Å²) in [7, 11) is 1.68. The number of amides is 1. The molecule has 1 aliphatic carbocycles. The van der Waals surface area contributed by atoms with E-state index in [1.54, 1.807) is 12.0 Å². The van der Waals surface area contributed by atoms with Crippen LogP contribution in [0.25, 0.3) is 0 Å². The van der Waals surface area contributed by atoms with Crippen LogP contribution in [0.4, 0.5) is 0 Å². The fourth-order valence-electron chi connectivity index (χ4n) is 2.64. The molecule has 5 heteroatoms. The van der Waals surface area contributed by atoms with E-state index >= 15 is 0 Å². The van der Waals surface area contributed by atoms with E-state index in [1.807, 2.05) is 13.8 Å². The van der Waals surface area contributed by atoms with E-state index in [4.69, 9.17) is 10.5 Å². The first-order chi connectivity index (χ1) is 8.44. The number of hydrogen-bond donors (Lipinski definition) is 1. The number of aliphatic imine (C=N–C) groups is 1. The molecule has 0 radical (unpaired) electrons. The van der Waals surface area contributed by atoms with E-state index in [0.717, 1.165) is 6.42 Å². The van der Waals surface area contributed by atoms with Gasteiger partial charge in [0.1, 0.15) is 0 Å². The van der Waals surface area contributed by atoms with Gasteiger partial charge in [0.25, 0.3) is 0 Å². The molecule has 102 valence electrons. The summed E-state index contributed by atoms with van der Waals surface area (Å²) in [6.45, 7) is 4.54. The number of carbonyl (C=O) groups excluding carboxylic acids is 1. The quantitative estimate of drug-likeness (QED) is 0.798. The number of nitrogens with two attached hydrogens (primary N) is 1. The SMILES string of the molecule is COCC[C@H](C1CC1)N1C(=O)CC(C)(C)N=C1N. The number of ether oxygens (including phenoxy) is 1. The Bertz CT molecular complexity index is 361. The zero-order chi connectivity index (χ0) is 13.3. The Balaban J connectivity index is 2.16. The van der Waals surface area contributed by atoms with Crippen molar-refractivity contribution in [3.05, 3.63) is 0 Å². The molecule has 0 aromatic carbocycles. The van der Waals surface area contributed by atoms with Gasteiger partial charge >= 0.3 is 0 Å². The first kappa shape index (κ1) is 13.3. The average molecular weight is 253 g/mol. The number of hydrogen-bond acceptors (Lipinski definition) is 4. The molecule has 1 heterocycles. The van der Waals surface area contributed by atoms with Crippen LogP contribution in [0.1, 0.15) is 39.5 Å². The summed E-state index contributed by atoms with van der Waals surface area (Å²) in [5, 5.41) is 0. The molecule has 1 fully saturated rings. The highest BCUT2D eigenvalue weighted by molar-refractivity contribution is 5.99. The summed E-state index contributed by atoms with van der Waals surface area (Å²) in [4.78, 5) is 18.4. The van der Waals surface area contributed by atoms with Crippen LogP contribution in [0, 0.1) is 5.92 Å². The van der Waals surface area contributed by atoms with Gasteiger partial charge in [-0.3, -0.25) is 9.69 Å². The maximum atomic E-state index is 12.3. The van der Waals surface area contributed by atoms with Crippen molar-refractivity contribution in [3.63, 3.8) is 0 Å². The molecular formula is C13H23N3O2. The minimum absolute atomic E-state index is 0.0977. The molecule has 0 saturated heterocycles. The van der Waals surface area contributed by atoms with Crippen LogP contribution in [0.2, 0.25) is 0 Å². The summed E-state index contributed by atoms with van der Waals surface area (Å²) < 4.78 is 5.13. The van der Waals surface area contributed by atoms with Crippen LogP contribution in [-0.2, 0) is 9.53 Å². The lowest BCUT2D eigenvalue weighted by atomic mass is 9.97. The van der Waals surface area contributed by atoms with Gasteiger partial charge in [-0.15, -0.1) is 0 Å². The minimum Gasteiger partial charge on any atom is -0.385 e. The number of rotatable bonds is 5. The van der Waals surface area contributed by atoms with Crippen LogP contribution < -0.4 is 5.73 Å².